The first-order valence-corrected chi connectivity index (χ1v) is 13.8. The van der Waals surface area contributed by atoms with Crippen molar-refractivity contribution in [1.29, 1.82) is 0 Å². The fourth-order valence-electron chi connectivity index (χ4n) is 5.66. The molecule has 39 heavy (non-hydrogen) atoms. The number of nitrogen functional groups attached to an aromatic ring is 1. The Morgan fingerprint density at radius 2 is 2.03 bits per heavy atom. The third-order valence-corrected chi connectivity index (χ3v) is 7.69. The molecule has 0 bridgehead atoms. The summed E-state index contributed by atoms with van der Waals surface area (Å²) in [7, 11) is 2.13. The molecule has 0 radical (unpaired) electrons. The van der Waals surface area contributed by atoms with E-state index in [0.717, 1.165) is 61.3 Å². The Hall–Kier alpha value is -3.72. The van der Waals surface area contributed by atoms with Gasteiger partial charge < -0.3 is 15.5 Å². The minimum absolute atomic E-state index is 0.177. The zero-order valence-corrected chi connectivity index (χ0v) is 23.0. The van der Waals surface area contributed by atoms with Crippen molar-refractivity contribution in [3.05, 3.63) is 71.3 Å². The first-order chi connectivity index (χ1) is 18.8. The van der Waals surface area contributed by atoms with Gasteiger partial charge in [0.25, 0.3) is 0 Å². The summed E-state index contributed by atoms with van der Waals surface area (Å²) >= 11 is 0. The second-order valence-electron chi connectivity index (χ2n) is 10.9. The van der Waals surface area contributed by atoms with E-state index in [4.69, 9.17) is 15.8 Å². The smallest absolute Gasteiger partial charge is 0.323 e. The first kappa shape index (κ1) is 26.9. The lowest BCUT2D eigenvalue weighted by molar-refractivity contribution is 0.115. The van der Waals surface area contributed by atoms with E-state index in [2.05, 4.69) is 36.5 Å². The zero-order chi connectivity index (χ0) is 27.5. The summed E-state index contributed by atoms with van der Waals surface area (Å²) in [6, 6.07) is 7.95. The van der Waals surface area contributed by atoms with Crippen LogP contribution in [0.5, 0.6) is 0 Å². The van der Waals surface area contributed by atoms with Gasteiger partial charge in [0.2, 0.25) is 0 Å². The quantitative estimate of drug-likeness (QED) is 0.350. The molecular weight excluding hydrogens is 493 g/mol. The first-order valence-electron chi connectivity index (χ1n) is 13.8. The number of fused-ring (bicyclic) bond motifs is 1. The van der Waals surface area contributed by atoms with E-state index in [0.29, 0.717) is 36.2 Å². The number of carbonyl (C=O) groups is 1. The van der Waals surface area contributed by atoms with Crippen molar-refractivity contribution in [3.8, 4) is 11.3 Å². The average Bonchev–Trinajstić information content (AvgIpc) is 3.46. The highest BCUT2D eigenvalue weighted by atomic mass is 19.1. The van der Waals surface area contributed by atoms with Crippen molar-refractivity contribution < 1.29 is 9.18 Å². The molecule has 1 unspecified atom stereocenters. The van der Waals surface area contributed by atoms with Crippen LogP contribution in [0, 0.1) is 11.7 Å². The number of pyridine rings is 1. The molecule has 0 spiro atoms. The second kappa shape index (κ2) is 11.6. The number of nitrogens with two attached hydrogens (primary N) is 1. The van der Waals surface area contributed by atoms with Crippen LogP contribution in [0.3, 0.4) is 0 Å². The predicted octanol–water partition coefficient (Wildman–Crippen LogP) is 5.63. The summed E-state index contributed by atoms with van der Waals surface area (Å²) in [6.07, 6.45) is 9.02. The van der Waals surface area contributed by atoms with Crippen molar-refractivity contribution in [2.24, 2.45) is 5.92 Å². The van der Waals surface area contributed by atoms with E-state index in [9.17, 15) is 9.18 Å². The minimum Gasteiger partial charge on any atom is -0.395 e. The number of likely N-dealkylation sites (tertiary alicyclic amines) is 1. The van der Waals surface area contributed by atoms with Gasteiger partial charge in [0, 0.05) is 42.9 Å². The number of benzene rings is 1. The second-order valence-corrected chi connectivity index (χ2v) is 10.9. The van der Waals surface area contributed by atoms with Gasteiger partial charge >= 0.3 is 6.03 Å². The van der Waals surface area contributed by atoms with Crippen molar-refractivity contribution in [2.75, 3.05) is 31.2 Å². The molecular formula is C30H38FN7O. The summed E-state index contributed by atoms with van der Waals surface area (Å²) in [5.41, 5.74) is 11.5. The normalized spacial score (nSPS) is 16.5. The summed E-state index contributed by atoms with van der Waals surface area (Å²) in [4.78, 5) is 22.1. The van der Waals surface area contributed by atoms with Gasteiger partial charge in [-0.3, -0.25) is 10.00 Å². The average molecular weight is 532 g/mol. The number of allylic oxidation sites excluding steroid dienone is 2. The van der Waals surface area contributed by atoms with Crippen molar-refractivity contribution in [2.45, 2.75) is 58.7 Å². The van der Waals surface area contributed by atoms with Gasteiger partial charge in [-0.15, -0.1) is 0 Å². The maximum absolute atomic E-state index is 13.6. The van der Waals surface area contributed by atoms with Crippen molar-refractivity contribution in [1.82, 2.24) is 24.6 Å². The van der Waals surface area contributed by atoms with E-state index >= 15 is 0 Å². The van der Waals surface area contributed by atoms with Crippen molar-refractivity contribution in [3.63, 3.8) is 0 Å². The highest BCUT2D eigenvalue weighted by Crippen LogP contribution is 2.37. The number of carbonyl (C=O) groups excluding carboxylic acids is 1. The maximum Gasteiger partial charge on any atom is 0.323 e. The Bertz CT molecular complexity index is 1320. The molecule has 1 fully saturated rings. The Balaban J connectivity index is 1.37. The molecule has 1 atom stereocenters. The Labute approximate surface area is 229 Å². The molecule has 8 nitrogen and oxygen atoms in total. The van der Waals surface area contributed by atoms with E-state index in [-0.39, 0.29) is 17.8 Å². The number of hydrogen-bond donors (Lipinski definition) is 2. The summed E-state index contributed by atoms with van der Waals surface area (Å²) in [6.45, 7) is 8.20. The molecule has 0 saturated carbocycles. The number of anilines is 2. The van der Waals surface area contributed by atoms with E-state index in [1.807, 2.05) is 23.7 Å². The third-order valence-electron chi connectivity index (χ3n) is 7.69. The predicted molar refractivity (Wildman–Crippen MR) is 153 cm³/mol. The van der Waals surface area contributed by atoms with E-state index < -0.39 is 0 Å². The van der Waals surface area contributed by atoms with Crippen LogP contribution in [0.25, 0.3) is 11.3 Å². The molecule has 1 aromatic carbocycles. The molecule has 3 aromatic rings. The van der Waals surface area contributed by atoms with Gasteiger partial charge in [-0.25, -0.2) is 14.2 Å². The van der Waals surface area contributed by atoms with Crippen LogP contribution in [-0.2, 0) is 19.6 Å². The lowest BCUT2D eigenvalue weighted by Gasteiger charge is -2.36. The molecule has 3 N–H and O–H groups in total. The number of nitrogens with one attached hydrogen (secondary N) is 1. The van der Waals surface area contributed by atoms with Crippen LogP contribution in [0.1, 0.15) is 55.8 Å². The topological polar surface area (TPSA) is 92.3 Å². The van der Waals surface area contributed by atoms with Crippen LogP contribution in [0.4, 0.5) is 20.7 Å². The lowest BCUT2D eigenvalue weighted by atomic mass is 9.89. The minimum atomic E-state index is -0.310. The van der Waals surface area contributed by atoms with Gasteiger partial charge in [0.15, 0.2) is 5.82 Å². The Kier molecular flexibility index (Phi) is 7.97. The standard InChI is InChI=1S/C30H38FN7O/c1-4-6-8-21(7-5-2)25-13-26(22-9-11-24(31)12-10-22)33-29(28(25)32)34-30(39)37-17-23-18-38(35-27(23)19-37)16-20-14-36(3)15-20/h4,6,9-13,18,20-21H,5,7-8,14-17,19,32H2,1-3H3,(H,33,34,39)/b6-4-. The van der Waals surface area contributed by atoms with E-state index in [1.54, 1.807) is 17.0 Å². The summed E-state index contributed by atoms with van der Waals surface area (Å²) < 4.78 is 15.7. The molecule has 2 amide bonds. The fourth-order valence-corrected chi connectivity index (χ4v) is 5.66. The van der Waals surface area contributed by atoms with Crippen LogP contribution in [-0.4, -0.2) is 50.7 Å². The molecule has 2 aromatic heterocycles. The fraction of sp³-hybridized carbons (Fsp3) is 0.433. The van der Waals surface area contributed by atoms with Gasteiger partial charge in [0.1, 0.15) is 5.82 Å². The van der Waals surface area contributed by atoms with Gasteiger partial charge in [-0.1, -0.05) is 25.5 Å². The monoisotopic (exact) mass is 531 g/mol. The molecule has 1 saturated heterocycles. The molecule has 2 aliphatic heterocycles. The number of hydrogen-bond acceptors (Lipinski definition) is 5. The SMILES string of the molecule is C/C=C\CC(CCC)c1cc(-c2ccc(F)cc2)nc(NC(=O)N2Cc3cn(CC4CN(C)C4)nc3C2)c1N. The Morgan fingerprint density at radius 3 is 2.69 bits per heavy atom. The van der Waals surface area contributed by atoms with Gasteiger partial charge in [-0.05, 0) is 68.6 Å². The number of rotatable bonds is 9. The number of urea groups is 1. The summed E-state index contributed by atoms with van der Waals surface area (Å²) in [5, 5.41) is 7.72. The van der Waals surface area contributed by atoms with Crippen molar-refractivity contribution >= 4 is 17.5 Å². The number of nitrogens with zero attached hydrogens (tertiary/aromatic N) is 5. The number of halogens is 1. The highest BCUT2D eigenvalue weighted by Gasteiger charge is 2.30. The molecule has 9 heteroatoms. The van der Waals surface area contributed by atoms with Crippen LogP contribution in [0.15, 0.2) is 48.7 Å². The van der Waals surface area contributed by atoms with Gasteiger partial charge in [0.05, 0.1) is 30.2 Å². The Morgan fingerprint density at radius 1 is 1.26 bits per heavy atom. The van der Waals surface area contributed by atoms with E-state index in [1.165, 1.54) is 12.1 Å². The van der Waals surface area contributed by atoms with Crippen LogP contribution < -0.4 is 11.1 Å². The number of amides is 2. The largest absolute Gasteiger partial charge is 0.395 e. The molecule has 0 aliphatic carbocycles. The molecule has 206 valence electrons. The molecule has 2 aliphatic rings. The van der Waals surface area contributed by atoms with Crippen LogP contribution in [0.2, 0.25) is 0 Å². The lowest BCUT2D eigenvalue weighted by Crippen LogP contribution is -2.45. The highest BCUT2D eigenvalue weighted by molar-refractivity contribution is 5.92. The summed E-state index contributed by atoms with van der Waals surface area (Å²) in [5.74, 6) is 0.837. The van der Waals surface area contributed by atoms with Crippen LogP contribution >= 0.6 is 0 Å². The van der Waals surface area contributed by atoms with Gasteiger partial charge in [-0.2, -0.15) is 5.10 Å². The molecule has 4 heterocycles. The zero-order valence-electron chi connectivity index (χ0n) is 23.0. The third kappa shape index (κ3) is 5.98. The maximum atomic E-state index is 13.6. The number of aromatic nitrogens is 3. The molecule has 5 rings (SSSR count).